The van der Waals surface area contributed by atoms with Crippen molar-refractivity contribution < 1.29 is 5.11 Å². The summed E-state index contributed by atoms with van der Waals surface area (Å²) in [6.45, 7) is 5.74. The van der Waals surface area contributed by atoms with Crippen molar-refractivity contribution in [2.45, 2.75) is 25.9 Å². The Kier molecular flexibility index (Phi) is 8.82. The van der Waals surface area contributed by atoms with Crippen LogP contribution in [0, 0.1) is 0 Å². The van der Waals surface area contributed by atoms with E-state index < -0.39 is 0 Å². The Morgan fingerprint density at radius 3 is 2.77 bits per heavy atom. The van der Waals surface area contributed by atoms with Gasteiger partial charge in [-0.05, 0) is 18.8 Å². The number of hydrogen-bond donors (Lipinski definition) is 1. The van der Waals surface area contributed by atoms with E-state index >= 15 is 0 Å². The Hall–Kier alpha value is 0.140. The first-order chi connectivity index (χ1) is 6.24. The molecule has 13 heavy (non-hydrogen) atoms. The molecule has 3 heteroatoms. The topological polar surface area (TPSA) is 20.2 Å². The SMILES string of the molecule is C=CCS/C(=C/C(O)CCC)SC. The highest BCUT2D eigenvalue weighted by Crippen LogP contribution is 2.26. The van der Waals surface area contributed by atoms with Gasteiger partial charge >= 0.3 is 0 Å². The molecule has 0 aliphatic heterocycles. The van der Waals surface area contributed by atoms with E-state index in [1.54, 1.807) is 23.5 Å². The fourth-order valence-electron chi connectivity index (χ4n) is 0.852. The average molecular weight is 218 g/mol. The van der Waals surface area contributed by atoms with Crippen molar-refractivity contribution in [3.8, 4) is 0 Å². The molecule has 0 amide bonds. The first-order valence-electron chi connectivity index (χ1n) is 4.42. The van der Waals surface area contributed by atoms with Crippen LogP contribution >= 0.6 is 23.5 Å². The lowest BCUT2D eigenvalue weighted by atomic mass is 10.2. The highest BCUT2D eigenvalue weighted by atomic mass is 32.2. The average Bonchev–Trinajstić information content (AvgIpc) is 2.12. The molecule has 76 valence electrons. The van der Waals surface area contributed by atoms with Crippen LogP contribution in [0.15, 0.2) is 23.0 Å². The van der Waals surface area contributed by atoms with Gasteiger partial charge in [-0.2, -0.15) is 0 Å². The summed E-state index contributed by atoms with van der Waals surface area (Å²) in [5, 5.41) is 9.52. The molecule has 0 saturated heterocycles. The van der Waals surface area contributed by atoms with Crippen molar-refractivity contribution in [1.29, 1.82) is 0 Å². The smallest absolute Gasteiger partial charge is 0.0739 e. The van der Waals surface area contributed by atoms with Crippen molar-refractivity contribution in [3.63, 3.8) is 0 Å². The molecule has 0 aromatic rings. The van der Waals surface area contributed by atoms with Crippen LogP contribution < -0.4 is 0 Å². The number of aliphatic hydroxyl groups is 1. The molecule has 1 N–H and O–H groups in total. The summed E-state index contributed by atoms with van der Waals surface area (Å²) in [5.74, 6) is 0.908. The number of hydrogen-bond acceptors (Lipinski definition) is 3. The van der Waals surface area contributed by atoms with E-state index in [9.17, 15) is 5.11 Å². The Morgan fingerprint density at radius 2 is 2.31 bits per heavy atom. The Labute approximate surface area is 89.7 Å². The van der Waals surface area contributed by atoms with E-state index in [-0.39, 0.29) is 6.10 Å². The Balaban J connectivity index is 3.95. The second-order valence-electron chi connectivity index (χ2n) is 2.65. The van der Waals surface area contributed by atoms with Gasteiger partial charge in [0.1, 0.15) is 0 Å². The summed E-state index contributed by atoms with van der Waals surface area (Å²) in [7, 11) is 0. The summed E-state index contributed by atoms with van der Waals surface area (Å²) in [6.07, 6.45) is 7.42. The third-order valence-corrected chi connectivity index (χ3v) is 3.67. The minimum atomic E-state index is -0.287. The van der Waals surface area contributed by atoms with Gasteiger partial charge in [-0.25, -0.2) is 0 Å². The van der Waals surface area contributed by atoms with E-state index in [0.717, 1.165) is 18.6 Å². The molecule has 0 saturated carbocycles. The molecule has 0 spiro atoms. The van der Waals surface area contributed by atoms with E-state index in [4.69, 9.17) is 0 Å². The van der Waals surface area contributed by atoms with Crippen molar-refractivity contribution in [2.24, 2.45) is 0 Å². The zero-order valence-corrected chi connectivity index (χ0v) is 9.96. The molecule has 1 atom stereocenters. The van der Waals surface area contributed by atoms with E-state index in [1.165, 1.54) is 4.24 Å². The van der Waals surface area contributed by atoms with Gasteiger partial charge < -0.3 is 5.11 Å². The first-order valence-corrected chi connectivity index (χ1v) is 6.63. The maximum Gasteiger partial charge on any atom is 0.0739 e. The Bertz CT molecular complexity index is 166. The summed E-state index contributed by atoms with van der Waals surface area (Å²) in [4.78, 5) is 0. The second-order valence-corrected chi connectivity index (χ2v) is 4.81. The predicted molar refractivity (Wildman–Crippen MR) is 65.2 cm³/mol. The summed E-state index contributed by atoms with van der Waals surface area (Å²) in [5.41, 5.74) is 0. The van der Waals surface area contributed by atoms with Crippen LogP contribution in [0.3, 0.4) is 0 Å². The highest BCUT2D eigenvalue weighted by molar-refractivity contribution is 8.22. The molecule has 0 radical (unpaired) electrons. The molecule has 0 rings (SSSR count). The maximum absolute atomic E-state index is 9.52. The van der Waals surface area contributed by atoms with Gasteiger partial charge in [-0.1, -0.05) is 19.4 Å². The first kappa shape index (κ1) is 13.1. The predicted octanol–water partition coefficient (Wildman–Crippen LogP) is 3.27. The number of thioether (sulfide) groups is 2. The molecule has 0 bridgehead atoms. The Morgan fingerprint density at radius 1 is 1.62 bits per heavy atom. The lowest BCUT2D eigenvalue weighted by Gasteiger charge is -2.06. The van der Waals surface area contributed by atoms with Crippen LogP contribution in [0.4, 0.5) is 0 Å². The third kappa shape index (κ3) is 7.23. The zero-order chi connectivity index (χ0) is 10.1. The molecule has 0 aliphatic rings. The van der Waals surface area contributed by atoms with Crippen LogP contribution in [0.25, 0.3) is 0 Å². The van der Waals surface area contributed by atoms with Crippen molar-refractivity contribution in [1.82, 2.24) is 0 Å². The molecule has 0 heterocycles. The van der Waals surface area contributed by atoms with E-state index in [0.29, 0.717) is 0 Å². The van der Waals surface area contributed by atoms with Gasteiger partial charge in [-0.15, -0.1) is 30.1 Å². The summed E-state index contributed by atoms with van der Waals surface area (Å²) < 4.78 is 1.18. The van der Waals surface area contributed by atoms with Crippen molar-refractivity contribution in [3.05, 3.63) is 23.0 Å². The van der Waals surface area contributed by atoms with E-state index in [1.807, 2.05) is 18.4 Å². The maximum atomic E-state index is 9.52. The summed E-state index contributed by atoms with van der Waals surface area (Å²) in [6, 6.07) is 0. The lowest BCUT2D eigenvalue weighted by molar-refractivity contribution is 0.211. The minimum absolute atomic E-state index is 0.287. The van der Waals surface area contributed by atoms with Gasteiger partial charge in [0.2, 0.25) is 0 Å². The van der Waals surface area contributed by atoms with Crippen LogP contribution in [-0.2, 0) is 0 Å². The van der Waals surface area contributed by atoms with Crippen molar-refractivity contribution in [2.75, 3.05) is 12.0 Å². The lowest BCUT2D eigenvalue weighted by Crippen LogP contribution is -2.01. The van der Waals surface area contributed by atoms with Gasteiger partial charge in [0.25, 0.3) is 0 Å². The minimum Gasteiger partial charge on any atom is -0.389 e. The highest BCUT2D eigenvalue weighted by Gasteiger charge is 2.01. The van der Waals surface area contributed by atoms with Crippen LogP contribution in [0.1, 0.15) is 19.8 Å². The molecule has 0 aliphatic carbocycles. The van der Waals surface area contributed by atoms with E-state index in [2.05, 4.69) is 13.5 Å². The molecular formula is C10H18OS2. The standard InChI is InChI=1S/C10H18OS2/c1-4-6-9(11)8-10(12-3)13-7-5-2/h5,8-9,11H,2,4,6-7H2,1,3H3/b10-8+. The van der Waals surface area contributed by atoms with Crippen LogP contribution in [0.5, 0.6) is 0 Å². The fourth-order valence-corrected chi connectivity index (χ4v) is 2.36. The fraction of sp³-hybridized carbons (Fsp3) is 0.600. The molecule has 0 fully saturated rings. The van der Waals surface area contributed by atoms with Gasteiger partial charge in [0.05, 0.1) is 6.10 Å². The quantitative estimate of drug-likeness (QED) is 0.662. The molecular weight excluding hydrogens is 200 g/mol. The third-order valence-electron chi connectivity index (χ3n) is 1.46. The summed E-state index contributed by atoms with van der Waals surface area (Å²) >= 11 is 3.40. The largest absolute Gasteiger partial charge is 0.389 e. The van der Waals surface area contributed by atoms with Gasteiger partial charge in [0.15, 0.2) is 0 Å². The van der Waals surface area contributed by atoms with Gasteiger partial charge in [-0.3, -0.25) is 0 Å². The number of aliphatic hydroxyl groups excluding tert-OH is 1. The van der Waals surface area contributed by atoms with Crippen LogP contribution in [-0.4, -0.2) is 23.2 Å². The zero-order valence-electron chi connectivity index (χ0n) is 8.32. The molecule has 0 aromatic heterocycles. The second kappa shape index (κ2) is 8.73. The number of rotatable bonds is 7. The van der Waals surface area contributed by atoms with Crippen LogP contribution in [0.2, 0.25) is 0 Å². The molecule has 1 unspecified atom stereocenters. The molecule has 0 aromatic carbocycles. The normalized spacial score (nSPS) is 14.2. The monoisotopic (exact) mass is 218 g/mol. The van der Waals surface area contributed by atoms with Crippen molar-refractivity contribution >= 4 is 23.5 Å². The van der Waals surface area contributed by atoms with Gasteiger partial charge in [0, 0.05) is 9.99 Å². The molecule has 1 nitrogen and oxygen atoms in total.